The highest BCUT2D eigenvalue weighted by molar-refractivity contribution is 5.80. The summed E-state index contributed by atoms with van der Waals surface area (Å²) in [6.45, 7) is 4.93. The number of hydrazone groups is 1. The fraction of sp³-hybridized carbons (Fsp3) is 0.550. The summed E-state index contributed by atoms with van der Waals surface area (Å²) in [5.41, 5.74) is 0.0493. The first kappa shape index (κ1) is 20.2. The Bertz CT molecular complexity index is 769. The van der Waals surface area contributed by atoms with Gasteiger partial charge in [-0.2, -0.15) is 5.10 Å². The third-order valence-corrected chi connectivity index (χ3v) is 5.83. The highest BCUT2D eigenvalue weighted by Gasteiger charge is 2.38. The van der Waals surface area contributed by atoms with E-state index in [4.69, 9.17) is 5.11 Å². The lowest BCUT2D eigenvalue weighted by Crippen LogP contribution is -2.43. The maximum absolute atomic E-state index is 13.6. The van der Waals surface area contributed by atoms with Gasteiger partial charge in [-0.1, -0.05) is 13.8 Å². The van der Waals surface area contributed by atoms with Gasteiger partial charge in [0.25, 0.3) is 0 Å². The smallest absolute Gasteiger partial charge is 0.407 e. The van der Waals surface area contributed by atoms with Crippen LogP contribution in [-0.4, -0.2) is 46.3 Å². The number of rotatable bonds is 4. The number of hydrogen-bond acceptors (Lipinski definition) is 3. The van der Waals surface area contributed by atoms with Gasteiger partial charge < -0.3 is 10.0 Å². The molecule has 1 fully saturated rings. The number of carboxylic acid groups (broad SMARTS) is 1. The van der Waals surface area contributed by atoms with Gasteiger partial charge >= 0.3 is 6.09 Å². The number of carbonyl (C=O) groups excluding carboxylic acids is 1. The van der Waals surface area contributed by atoms with Crippen molar-refractivity contribution in [3.05, 3.63) is 35.4 Å². The summed E-state index contributed by atoms with van der Waals surface area (Å²) in [7, 11) is 0. The predicted octanol–water partition coefficient (Wildman–Crippen LogP) is 4.03. The Morgan fingerprint density at radius 2 is 1.79 bits per heavy atom. The molecular formula is C20H25F2N3O3. The molecule has 1 N–H and O–H groups in total. The first-order valence-corrected chi connectivity index (χ1v) is 9.46. The van der Waals surface area contributed by atoms with Crippen LogP contribution < -0.4 is 0 Å². The third-order valence-electron chi connectivity index (χ3n) is 5.83. The number of carbonyl (C=O) groups is 2. The number of hydrogen-bond donors (Lipinski definition) is 1. The third kappa shape index (κ3) is 4.31. The van der Waals surface area contributed by atoms with Crippen LogP contribution in [0.25, 0.3) is 0 Å². The molecule has 2 aliphatic rings. The van der Waals surface area contributed by atoms with Crippen LogP contribution in [0.4, 0.5) is 13.6 Å². The van der Waals surface area contributed by atoms with Crippen molar-refractivity contribution in [2.24, 2.45) is 16.4 Å². The highest BCUT2D eigenvalue weighted by Crippen LogP contribution is 2.40. The summed E-state index contributed by atoms with van der Waals surface area (Å²) in [6, 6.07) is 2.76. The lowest BCUT2D eigenvalue weighted by molar-refractivity contribution is -0.136. The second-order valence-corrected chi connectivity index (χ2v) is 8.20. The van der Waals surface area contributed by atoms with E-state index >= 15 is 0 Å². The van der Waals surface area contributed by atoms with Gasteiger partial charge in [0.15, 0.2) is 0 Å². The second-order valence-electron chi connectivity index (χ2n) is 8.20. The molecule has 8 heteroatoms. The molecule has 0 bridgehead atoms. The van der Waals surface area contributed by atoms with Crippen molar-refractivity contribution in [2.45, 2.75) is 45.6 Å². The molecule has 1 saturated heterocycles. The van der Waals surface area contributed by atoms with Gasteiger partial charge in [0.2, 0.25) is 5.91 Å². The zero-order chi connectivity index (χ0) is 20.5. The maximum atomic E-state index is 13.6. The zero-order valence-electron chi connectivity index (χ0n) is 16.1. The quantitative estimate of drug-likeness (QED) is 0.839. The van der Waals surface area contributed by atoms with Crippen molar-refractivity contribution < 1.29 is 23.5 Å². The van der Waals surface area contributed by atoms with E-state index in [-0.39, 0.29) is 23.7 Å². The molecule has 3 rings (SSSR count). The minimum absolute atomic E-state index is 0.200. The summed E-state index contributed by atoms with van der Waals surface area (Å²) >= 11 is 0. The minimum Gasteiger partial charge on any atom is -0.465 e. The molecular weight excluding hydrogens is 368 g/mol. The molecule has 1 unspecified atom stereocenters. The van der Waals surface area contributed by atoms with E-state index in [2.05, 4.69) is 5.10 Å². The molecule has 6 nitrogen and oxygen atoms in total. The van der Waals surface area contributed by atoms with Crippen LogP contribution in [0.2, 0.25) is 0 Å². The van der Waals surface area contributed by atoms with E-state index in [1.807, 2.05) is 13.8 Å². The lowest BCUT2D eigenvalue weighted by atomic mass is 9.71. The van der Waals surface area contributed by atoms with Crippen LogP contribution in [0.3, 0.4) is 0 Å². The Morgan fingerprint density at radius 3 is 2.36 bits per heavy atom. The second kappa shape index (κ2) is 7.85. The molecule has 1 aromatic rings. The molecule has 2 heterocycles. The molecule has 0 aliphatic carbocycles. The Hall–Kier alpha value is -2.51. The SMILES string of the molecule is CC(C)(CC(=O)N1N=CCC1c1cc(F)cc(F)c1)C1CCN(C(=O)O)CC1. The first-order valence-electron chi connectivity index (χ1n) is 9.46. The molecule has 1 atom stereocenters. The molecule has 2 aliphatic heterocycles. The number of likely N-dealkylation sites (tertiary alicyclic amines) is 1. The topological polar surface area (TPSA) is 73.2 Å². The number of benzene rings is 1. The van der Waals surface area contributed by atoms with Crippen molar-refractivity contribution in [1.29, 1.82) is 0 Å². The number of amides is 2. The molecule has 0 radical (unpaired) electrons. The van der Waals surface area contributed by atoms with Gasteiger partial charge in [-0.05, 0) is 41.9 Å². The van der Waals surface area contributed by atoms with Crippen LogP contribution in [0, 0.1) is 23.0 Å². The molecule has 0 saturated carbocycles. The average molecular weight is 393 g/mol. The summed E-state index contributed by atoms with van der Waals surface area (Å²) in [6.07, 6.45) is 2.72. The van der Waals surface area contributed by atoms with E-state index in [0.29, 0.717) is 37.9 Å². The lowest BCUT2D eigenvalue weighted by Gasteiger charge is -2.40. The fourth-order valence-corrected chi connectivity index (χ4v) is 4.17. The van der Waals surface area contributed by atoms with Crippen molar-refractivity contribution in [1.82, 2.24) is 9.91 Å². The van der Waals surface area contributed by atoms with E-state index < -0.39 is 23.8 Å². The zero-order valence-corrected chi connectivity index (χ0v) is 16.1. The number of halogens is 2. The van der Waals surface area contributed by atoms with Crippen molar-refractivity contribution in [3.63, 3.8) is 0 Å². The number of nitrogens with zero attached hydrogens (tertiary/aromatic N) is 3. The first-order chi connectivity index (χ1) is 13.2. The maximum Gasteiger partial charge on any atom is 0.407 e. The normalized spacial score (nSPS) is 20.6. The van der Waals surface area contributed by atoms with Crippen LogP contribution in [0.5, 0.6) is 0 Å². The molecule has 152 valence electrons. The summed E-state index contributed by atoms with van der Waals surface area (Å²) < 4.78 is 27.2. The van der Waals surface area contributed by atoms with Gasteiger partial charge in [-0.25, -0.2) is 18.6 Å². The Morgan fingerprint density at radius 1 is 1.18 bits per heavy atom. The monoisotopic (exact) mass is 393 g/mol. The Labute approximate surface area is 162 Å². The van der Waals surface area contributed by atoms with Crippen molar-refractivity contribution in [3.8, 4) is 0 Å². The Balaban J connectivity index is 1.67. The van der Waals surface area contributed by atoms with Gasteiger partial charge in [0.05, 0.1) is 6.04 Å². The van der Waals surface area contributed by atoms with Crippen LogP contribution in [0.15, 0.2) is 23.3 Å². The van der Waals surface area contributed by atoms with E-state index in [1.165, 1.54) is 22.0 Å². The number of piperidine rings is 1. The molecule has 2 amide bonds. The van der Waals surface area contributed by atoms with Crippen LogP contribution >= 0.6 is 0 Å². The van der Waals surface area contributed by atoms with E-state index in [0.717, 1.165) is 6.07 Å². The molecule has 0 spiro atoms. The summed E-state index contributed by atoms with van der Waals surface area (Å²) in [4.78, 5) is 25.4. The van der Waals surface area contributed by atoms with E-state index in [9.17, 15) is 18.4 Å². The van der Waals surface area contributed by atoms with Gasteiger partial charge in [-0.3, -0.25) is 4.79 Å². The Kier molecular flexibility index (Phi) is 5.67. The van der Waals surface area contributed by atoms with Crippen LogP contribution in [-0.2, 0) is 4.79 Å². The average Bonchev–Trinajstić information content (AvgIpc) is 3.10. The molecule has 0 aromatic heterocycles. The van der Waals surface area contributed by atoms with Gasteiger partial charge in [-0.15, -0.1) is 0 Å². The highest BCUT2D eigenvalue weighted by atomic mass is 19.1. The molecule has 28 heavy (non-hydrogen) atoms. The summed E-state index contributed by atoms with van der Waals surface area (Å²) in [5, 5.41) is 14.6. The largest absolute Gasteiger partial charge is 0.465 e. The van der Waals surface area contributed by atoms with Gasteiger partial charge in [0.1, 0.15) is 11.6 Å². The van der Waals surface area contributed by atoms with Crippen LogP contribution in [0.1, 0.15) is 51.1 Å². The van der Waals surface area contributed by atoms with Gasteiger partial charge in [0, 0.05) is 38.2 Å². The molecule has 1 aromatic carbocycles. The van der Waals surface area contributed by atoms with Crippen molar-refractivity contribution in [2.75, 3.05) is 13.1 Å². The predicted molar refractivity (Wildman–Crippen MR) is 99.8 cm³/mol. The standard InChI is InChI=1S/C20H25F2N3O3/c1-20(2,14-4-7-24(8-5-14)19(27)28)12-18(26)25-17(3-6-23-25)13-9-15(21)11-16(22)10-13/h6,9-11,14,17H,3-5,7-8,12H2,1-2H3,(H,27,28). The minimum atomic E-state index is -0.913. The summed E-state index contributed by atoms with van der Waals surface area (Å²) in [5.74, 6) is -1.35. The fourth-order valence-electron chi connectivity index (χ4n) is 4.17. The van der Waals surface area contributed by atoms with E-state index in [1.54, 1.807) is 6.21 Å². The van der Waals surface area contributed by atoms with Crippen molar-refractivity contribution >= 4 is 18.2 Å².